The van der Waals surface area contributed by atoms with E-state index in [1.54, 1.807) is 91.9 Å². The topological polar surface area (TPSA) is 111 Å². The van der Waals surface area contributed by atoms with Crippen LogP contribution in [0.3, 0.4) is 0 Å². The maximum absolute atomic E-state index is 13.4. The maximum atomic E-state index is 13.4. The zero-order valence-corrected chi connectivity index (χ0v) is 25.0. The molecule has 0 radical (unpaired) electrons. The zero-order chi connectivity index (χ0) is 31.1. The highest BCUT2D eigenvalue weighted by molar-refractivity contribution is 8.00. The summed E-state index contributed by atoms with van der Waals surface area (Å²) in [4.78, 5) is 50.8. The van der Waals surface area contributed by atoms with Crippen LogP contribution in [0.2, 0.25) is 0 Å². The van der Waals surface area contributed by atoms with E-state index in [4.69, 9.17) is 9.47 Å². The first kappa shape index (κ1) is 31.8. The van der Waals surface area contributed by atoms with Gasteiger partial charge in [-0.15, -0.1) is 11.8 Å². The van der Waals surface area contributed by atoms with Crippen LogP contribution in [-0.4, -0.2) is 35.9 Å². The number of carbonyl (C=O) groups is 4. The average Bonchev–Trinajstić information content (AvgIpc) is 3.04. The number of Topliss-reactive ketones (excluding diaryl/α,β-unsaturated/α-hetero) is 1. The predicted molar refractivity (Wildman–Crippen MR) is 171 cm³/mol. The molecule has 0 aliphatic rings. The second kappa shape index (κ2) is 16.5. The van der Waals surface area contributed by atoms with Crippen LogP contribution in [0.4, 0.5) is 5.69 Å². The molecule has 4 aromatic carbocycles. The summed E-state index contributed by atoms with van der Waals surface area (Å²) in [6.45, 7) is 2.33. The number of hydrogen-bond donors (Lipinski definition) is 2. The molecule has 0 saturated carbocycles. The third-order valence-corrected chi connectivity index (χ3v) is 7.16. The number of benzene rings is 4. The molecule has 9 heteroatoms. The molecular formula is C35H32N2O6S. The number of nitrogens with one attached hydrogen (secondary N) is 2. The van der Waals surface area contributed by atoms with Gasteiger partial charge in [-0.05, 0) is 66.6 Å². The number of thioether (sulfide) groups is 1. The van der Waals surface area contributed by atoms with E-state index in [0.29, 0.717) is 29.2 Å². The van der Waals surface area contributed by atoms with E-state index in [1.165, 1.54) is 11.8 Å². The Labute approximate surface area is 260 Å². The SMILES string of the molecule is CCOC(=O)CC(=O)CSc1cccc(NC(=O)/C(=C\c2ccc(OCc3ccccc3)cc2)NC(=O)c2ccccc2)c1. The van der Waals surface area contributed by atoms with Crippen molar-refractivity contribution in [3.05, 3.63) is 132 Å². The maximum Gasteiger partial charge on any atom is 0.313 e. The fourth-order valence-electron chi connectivity index (χ4n) is 3.96. The Morgan fingerprint density at radius 2 is 1.52 bits per heavy atom. The van der Waals surface area contributed by atoms with Crippen molar-refractivity contribution in [3.8, 4) is 5.75 Å². The largest absolute Gasteiger partial charge is 0.489 e. The third-order valence-electron chi connectivity index (χ3n) is 6.11. The Kier molecular flexibility index (Phi) is 11.9. The van der Waals surface area contributed by atoms with Gasteiger partial charge in [-0.2, -0.15) is 0 Å². The fraction of sp³-hybridized carbons (Fsp3) is 0.143. The zero-order valence-electron chi connectivity index (χ0n) is 24.2. The first-order valence-electron chi connectivity index (χ1n) is 14.0. The van der Waals surface area contributed by atoms with Gasteiger partial charge in [0.15, 0.2) is 5.78 Å². The van der Waals surface area contributed by atoms with Gasteiger partial charge in [-0.25, -0.2) is 0 Å². The molecular weight excluding hydrogens is 576 g/mol. The number of carbonyl (C=O) groups excluding carboxylic acids is 4. The van der Waals surface area contributed by atoms with Gasteiger partial charge in [0.2, 0.25) is 0 Å². The Morgan fingerprint density at radius 1 is 0.818 bits per heavy atom. The summed E-state index contributed by atoms with van der Waals surface area (Å²) in [7, 11) is 0. The molecule has 0 aliphatic heterocycles. The normalized spacial score (nSPS) is 10.9. The second-order valence-electron chi connectivity index (χ2n) is 9.51. The summed E-state index contributed by atoms with van der Waals surface area (Å²) in [6.07, 6.45) is 1.30. The summed E-state index contributed by atoms with van der Waals surface area (Å²) in [6, 6.07) is 32.6. The van der Waals surface area contributed by atoms with Crippen LogP contribution in [0.15, 0.2) is 120 Å². The lowest BCUT2D eigenvalue weighted by atomic mass is 10.1. The van der Waals surface area contributed by atoms with Crippen LogP contribution in [0.5, 0.6) is 5.75 Å². The molecule has 2 amide bonds. The van der Waals surface area contributed by atoms with E-state index in [1.807, 2.05) is 30.3 Å². The number of ether oxygens (including phenoxy) is 2. The van der Waals surface area contributed by atoms with Gasteiger partial charge in [0, 0.05) is 16.1 Å². The standard InChI is InChI=1S/C35H32N2O6S/c1-2-42-33(39)22-29(38)24-44-31-15-9-14-28(21-31)36-35(41)32(37-34(40)27-12-7-4-8-13-27)20-25-16-18-30(19-17-25)43-23-26-10-5-3-6-11-26/h3-21H,2,22-24H2,1H3,(H,36,41)(H,37,40)/b32-20+. The average molecular weight is 609 g/mol. The van der Waals surface area contributed by atoms with Crippen LogP contribution in [-0.2, 0) is 25.7 Å². The van der Waals surface area contributed by atoms with Gasteiger partial charge in [-0.1, -0.05) is 66.7 Å². The minimum atomic E-state index is -0.551. The molecule has 0 aromatic heterocycles. The van der Waals surface area contributed by atoms with Gasteiger partial charge in [0.1, 0.15) is 24.5 Å². The molecule has 2 N–H and O–H groups in total. The van der Waals surface area contributed by atoms with Crippen molar-refractivity contribution in [1.29, 1.82) is 0 Å². The second-order valence-corrected chi connectivity index (χ2v) is 10.6. The van der Waals surface area contributed by atoms with E-state index < -0.39 is 17.8 Å². The number of ketones is 1. The summed E-state index contributed by atoms with van der Waals surface area (Å²) in [5.41, 5.74) is 2.65. The Bertz CT molecular complexity index is 1610. The highest BCUT2D eigenvalue weighted by atomic mass is 32.2. The van der Waals surface area contributed by atoms with Crippen molar-refractivity contribution in [2.45, 2.75) is 24.8 Å². The number of hydrogen-bond acceptors (Lipinski definition) is 7. The number of esters is 1. The van der Waals surface area contributed by atoms with E-state index >= 15 is 0 Å². The van der Waals surface area contributed by atoms with E-state index in [2.05, 4.69) is 10.6 Å². The number of amides is 2. The van der Waals surface area contributed by atoms with Crippen molar-refractivity contribution >= 4 is 47.1 Å². The molecule has 0 fully saturated rings. The van der Waals surface area contributed by atoms with Gasteiger partial charge < -0.3 is 20.1 Å². The molecule has 0 spiro atoms. The molecule has 0 atom stereocenters. The molecule has 8 nitrogen and oxygen atoms in total. The lowest BCUT2D eigenvalue weighted by molar-refractivity contribution is -0.145. The minimum Gasteiger partial charge on any atom is -0.489 e. The molecule has 224 valence electrons. The molecule has 0 aliphatic carbocycles. The lowest BCUT2D eigenvalue weighted by Crippen LogP contribution is -2.30. The van der Waals surface area contributed by atoms with Crippen molar-refractivity contribution < 1.29 is 28.7 Å². The summed E-state index contributed by atoms with van der Waals surface area (Å²) >= 11 is 1.25. The number of rotatable bonds is 14. The van der Waals surface area contributed by atoms with Gasteiger partial charge in [-0.3, -0.25) is 19.2 Å². The van der Waals surface area contributed by atoms with Crippen LogP contribution < -0.4 is 15.4 Å². The van der Waals surface area contributed by atoms with Gasteiger partial charge in [0.25, 0.3) is 11.8 Å². The number of anilines is 1. The Morgan fingerprint density at radius 3 is 2.23 bits per heavy atom. The third kappa shape index (κ3) is 10.3. The van der Waals surface area contributed by atoms with Crippen molar-refractivity contribution in [2.75, 3.05) is 17.7 Å². The van der Waals surface area contributed by atoms with Crippen molar-refractivity contribution in [1.82, 2.24) is 5.32 Å². The van der Waals surface area contributed by atoms with Crippen LogP contribution in [0.25, 0.3) is 6.08 Å². The van der Waals surface area contributed by atoms with Gasteiger partial charge >= 0.3 is 5.97 Å². The van der Waals surface area contributed by atoms with E-state index in [9.17, 15) is 19.2 Å². The first-order chi connectivity index (χ1) is 21.4. The van der Waals surface area contributed by atoms with E-state index in [0.717, 1.165) is 10.5 Å². The molecule has 0 unspecified atom stereocenters. The molecule has 0 bridgehead atoms. The molecule has 0 heterocycles. The lowest BCUT2D eigenvalue weighted by Gasteiger charge is -2.12. The molecule has 0 saturated heterocycles. The first-order valence-corrected chi connectivity index (χ1v) is 14.9. The Balaban J connectivity index is 1.46. The highest BCUT2D eigenvalue weighted by Crippen LogP contribution is 2.23. The highest BCUT2D eigenvalue weighted by Gasteiger charge is 2.16. The predicted octanol–water partition coefficient (Wildman–Crippen LogP) is 6.29. The van der Waals surface area contributed by atoms with Crippen LogP contribution in [0.1, 0.15) is 34.8 Å². The molecule has 4 rings (SSSR count). The summed E-state index contributed by atoms with van der Waals surface area (Å²) in [5, 5.41) is 5.56. The summed E-state index contributed by atoms with van der Waals surface area (Å²) in [5.74, 6) is -1.02. The van der Waals surface area contributed by atoms with Crippen molar-refractivity contribution in [2.24, 2.45) is 0 Å². The van der Waals surface area contributed by atoms with Crippen LogP contribution in [0, 0.1) is 0 Å². The van der Waals surface area contributed by atoms with E-state index in [-0.39, 0.29) is 30.3 Å². The monoisotopic (exact) mass is 608 g/mol. The summed E-state index contributed by atoms with van der Waals surface area (Å²) < 4.78 is 10.7. The minimum absolute atomic E-state index is 0.0412. The van der Waals surface area contributed by atoms with Crippen molar-refractivity contribution in [3.63, 3.8) is 0 Å². The Hall–Kier alpha value is -5.15. The van der Waals surface area contributed by atoms with Crippen LogP contribution >= 0.6 is 11.8 Å². The fourth-order valence-corrected chi connectivity index (χ4v) is 4.77. The smallest absolute Gasteiger partial charge is 0.313 e. The van der Waals surface area contributed by atoms with Gasteiger partial charge in [0.05, 0.1) is 12.4 Å². The quantitative estimate of drug-likeness (QED) is 0.0749. The molecule has 4 aromatic rings. The molecule has 44 heavy (non-hydrogen) atoms.